The van der Waals surface area contributed by atoms with Crippen molar-refractivity contribution in [2.24, 2.45) is 0 Å². The van der Waals surface area contributed by atoms with Crippen LogP contribution in [0.25, 0.3) is 0 Å². The molecule has 1 aromatic rings. The third-order valence-electron chi connectivity index (χ3n) is 1.32. The highest BCUT2D eigenvalue weighted by atomic mass is 16.5. The van der Waals surface area contributed by atoms with Crippen molar-refractivity contribution >= 4 is 6.47 Å². The maximum absolute atomic E-state index is 9.67. The van der Waals surface area contributed by atoms with E-state index in [-0.39, 0.29) is 0 Å². The zero-order valence-electron chi connectivity index (χ0n) is 6.20. The van der Waals surface area contributed by atoms with Crippen molar-refractivity contribution in [1.29, 1.82) is 0 Å². The molecule has 0 spiro atoms. The highest BCUT2D eigenvalue weighted by Gasteiger charge is 1.92. The lowest BCUT2D eigenvalue weighted by Gasteiger charge is -1.96. The van der Waals surface area contributed by atoms with E-state index in [9.17, 15) is 4.79 Å². The predicted octanol–water partition coefficient (Wildman–Crippen LogP) is 1.59. The van der Waals surface area contributed by atoms with Gasteiger partial charge in [0, 0.05) is 0 Å². The molecule has 11 heavy (non-hydrogen) atoms. The molecule has 0 bridgehead atoms. The Morgan fingerprint density at radius 1 is 1.36 bits per heavy atom. The summed E-state index contributed by atoms with van der Waals surface area (Å²) in [5.74, 6) is 0. The van der Waals surface area contributed by atoms with E-state index in [1.54, 1.807) is 0 Å². The molecule has 2 heteroatoms. The van der Waals surface area contributed by atoms with Crippen molar-refractivity contribution in [2.75, 3.05) is 0 Å². The van der Waals surface area contributed by atoms with Crippen LogP contribution in [0.1, 0.15) is 11.1 Å². The fraction of sp³-hybridized carbons (Fsp3) is 0.111. The summed E-state index contributed by atoms with van der Waals surface area (Å²) in [6.45, 7) is 4.68. The van der Waals surface area contributed by atoms with E-state index < -0.39 is 0 Å². The Hall–Kier alpha value is -1.31. The second-order valence-corrected chi connectivity index (χ2v) is 2.23. The Morgan fingerprint density at radius 2 is 2.00 bits per heavy atom. The highest BCUT2D eigenvalue weighted by Crippen LogP contribution is 2.04. The van der Waals surface area contributed by atoms with Gasteiger partial charge in [-0.05, 0) is 12.5 Å². The van der Waals surface area contributed by atoms with Gasteiger partial charge in [0.1, 0.15) is 0 Å². The van der Waals surface area contributed by atoms with Gasteiger partial charge >= 0.3 is 6.47 Å². The molecule has 0 saturated heterocycles. The summed E-state index contributed by atoms with van der Waals surface area (Å²) in [5.41, 5.74) is 2.04. The molecule has 1 aromatic carbocycles. The van der Waals surface area contributed by atoms with Crippen LogP contribution in [0.4, 0.5) is 0 Å². The SMILES string of the molecule is Cc1ccc([CH]O[C]=O)cc1. The molecular formula is C9H8O2. The largest absolute Gasteiger partial charge is 0.445 e. The van der Waals surface area contributed by atoms with Crippen LogP contribution in [0.2, 0.25) is 0 Å². The highest BCUT2D eigenvalue weighted by molar-refractivity contribution is 5.41. The molecule has 0 aliphatic carbocycles. The third-order valence-corrected chi connectivity index (χ3v) is 1.32. The number of aryl methyl sites for hydroxylation is 1. The number of rotatable bonds is 3. The zero-order chi connectivity index (χ0) is 8.10. The molecule has 0 fully saturated rings. The molecule has 0 aromatic heterocycles. The summed E-state index contributed by atoms with van der Waals surface area (Å²) < 4.78 is 4.33. The first-order valence-electron chi connectivity index (χ1n) is 3.25. The average Bonchev–Trinajstić information content (AvgIpc) is 2.04. The number of benzene rings is 1. The van der Waals surface area contributed by atoms with Crippen LogP contribution in [-0.4, -0.2) is 6.47 Å². The van der Waals surface area contributed by atoms with Gasteiger partial charge in [-0.3, -0.25) is 0 Å². The van der Waals surface area contributed by atoms with Gasteiger partial charge in [-0.2, -0.15) is 0 Å². The molecule has 0 heterocycles. The second-order valence-electron chi connectivity index (χ2n) is 2.23. The van der Waals surface area contributed by atoms with Crippen LogP contribution in [0, 0.1) is 13.5 Å². The van der Waals surface area contributed by atoms with Crippen LogP contribution < -0.4 is 0 Å². The Morgan fingerprint density at radius 3 is 2.55 bits per heavy atom. The molecular weight excluding hydrogens is 140 g/mol. The maximum Gasteiger partial charge on any atom is 0.418 e. The Kier molecular flexibility index (Phi) is 2.66. The Balaban J connectivity index is 2.58. The zero-order valence-corrected chi connectivity index (χ0v) is 6.20. The van der Waals surface area contributed by atoms with Crippen LogP contribution in [0.5, 0.6) is 0 Å². The van der Waals surface area contributed by atoms with Crippen LogP contribution in [0.3, 0.4) is 0 Å². The minimum absolute atomic E-state index is 0.860. The average molecular weight is 148 g/mol. The molecule has 0 atom stereocenters. The van der Waals surface area contributed by atoms with Crippen molar-refractivity contribution in [3.63, 3.8) is 0 Å². The van der Waals surface area contributed by atoms with Gasteiger partial charge in [0.05, 0.1) is 0 Å². The monoisotopic (exact) mass is 148 g/mol. The number of hydrogen-bond donors (Lipinski definition) is 0. The molecule has 0 saturated carbocycles. The van der Waals surface area contributed by atoms with Gasteiger partial charge in [-0.15, -0.1) is 0 Å². The van der Waals surface area contributed by atoms with Crippen LogP contribution in [-0.2, 0) is 9.53 Å². The minimum Gasteiger partial charge on any atom is -0.445 e. The van der Waals surface area contributed by atoms with Gasteiger partial charge in [-0.1, -0.05) is 29.8 Å². The van der Waals surface area contributed by atoms with E-state index in [2.05, 4.69) is 4.74 Å². The first-order chi connectivity index (χ1) is 5.33. The first kappa shape index (κ1) is 7.79. The molecule has 2 radical (unpaired) electrons. The lowest BCUT2D eigenvalue weighted by Crippen LogP contribution is -1.86. The summed E-state index contributed by atoms with van der Waals surface area (Å²) in [7, 11) is 0. The predicted molar refractivity (Wildman–Crippen MR) is 41.4 cm³/mol. The molecule has 0 aliphatic heterocycles. The number of ether oxygens (including phenoxy) is 1. The molecule has 56 valence electrons. The van der Waals surface area contributed by atoms with Gasteiger partial charge in [0.15, 0.2) is 6.61 Å². The number of carbonyl (C=O) groups excluding carboxylic acids is 1. The van der Waals surface area contributed by atoms with E-state index in [1.807, 2.05) is 31.2 Å². The first-order valence-corrected chi connectivity index (χ1v) is 3.25. The smallest absolute Gasteiger partial charge is 0.418 e. The van der Waals surface area contributed by atoms with E-state index in [4.69, 9.17) is 0 Å². The van der Waals surface area contributed by atoms with Gasteiger partial charge in [0.25, 0.3) is 0 Å². The molecule has 1 rings (SSSR count). The van der Waals surface area contributed by atoms with Crippen molar-refractivity contribution < 1.29 is 9.53 Å². The van der Waals surface area contributed by atoms with Crippen LogP contribution >= 0.6 is 0 Å². The molecule has 0 amide bonds. The van der Waals surface area contributed by atoms with E-state index >= 15 is 0 Å². The molecule has 0 aliphatic rings. The summed E-state index contributed by atoms with van der Waals surface area (Å²) in [6, 6.07) is 7.62. The van der Waals surface area contributed by atoms with Crippen molar-refractivity contribution in [2.45, 2.75) is 6.92 Å². The summed E-state index contributed by atoms with van der Waals surface area (Å²) in [6.07, 6.45) is 0. The Labute approximate surface area is 65.8 Å². The molecule has 0 unspecified atom stereocenters. The fourth-order valence-corrected chi connectivity index (χ4v) is 0.737. The normalized spacial score (nSPS) is 9.18. The summed E-state index contributed by atoms with van der Waals surface area (Å²) >= 11 is 0. The molecule has 0 N–H and O–H groups in total. The van der Waals surface area contributed by atoms with E-state index in [0.717, 1.165) is 5.56 Å². The molecule has 2 nitrogen and oxygen atoms in total. The summed E-state index contributed by atoms with van der Waals surface area (Å²) in [4.78, 5) is 9.67. The van der Waals surface area contributed by atoms with Gasteiger partial charge in [0.2, 0.25) is 0 Å². The van der Waals surface area contributed by atoms with Gasteiger partial charge in [-0.25, -0.2) is 4.79 Å². The maximum atomic E-state index is 9.67. The van der Waals surface area contributed by atoms with E-state index in [0.29, 0.717) is 0 Å². The van der Waals surface area contributed by atoms with Crippen molar-refractivity contribution in [3.8, 4) is 0 Å². The Bertz CT molecular complexity index is 226. The lowest BCUT2D eigenvalue weighted by atomic mass is 10.2. The number of hydrogen-bond acceptors (Lipinski definition) is 2. The van der Waals surface area contributed by atoms with E-state index in [1.165, 1.54) is 18.6 Å². The van der Waals surface area contributed by atoms with Crippen molar-refractivity contribution in [1.82, 2.24) is 0 Å². The third kappa shape index (κ3) is 2.42. The van der Waals surface area contributed by atoms with Crippen LogP contribution in [0.15, 0.2) is 24.3 Å². The minimum atomic E-state index is 0.860. The lowest BCUT2D eigenvalue weighted by molar-refractivity contribution is 0.364. The topological polar surface area (TPSA) is 26.3 Å². The second kappa shape index (κ2) is 3.76. The quantitative estimate of drug-likeness (QED) is 0.650. The fourth-order valence-electron chi connectivity index (χ4n) is 0.737. The van der Waals surface area contributed by atoms with Gasteiger partial charge < -0.3 is 4.74 Å². The summed E-state index contributed by atoms with van der Waals surface area (Å²) in [5, 5.41) is 0. The standard InChI is InChI=1S/C9H8O2/c1-8-2-4-9(5-3-8)6-11-7-10/h2-6H,1H3. The van der Waals surface area contributed by atoms with Crippen molar-refractivity contribution in [3.05, 3.63) is 42.0 Å².